The molecule has 0 aliphatic carbocycles. The molecule has 1 unspecified atom stereocenters. The number of furan rings is 1. The number of carboxylic acid groups (broad SMARTS) is 1. The number of anilines is 2. The molecule has 0 aliphatic rings. The van der Waals surface area contributed by atoms with Gasteiger partial charge in [0.15, 0.2) is 0 Å². The summed E-state index contributed by atoms with van der Waals surface area (Å²) in [5, 5.41) is 12.3. The number of hydrogen-bond donors (Lipinski definition) is 3. The first kappa shape index (κ1) is 14.0. The van der Waals surface area contributed by atoms with Crippen LogP contribution in [0.5, 0.6) is 0 Å². The Morgan fingerprint density at radius 3 is 2.90 bits per heavy atom. The molecule has 0 aliphatic heterocycles. The smallest absolute Gasteiger partial charge is 0.337 e. The SMILES string of the molecule is CC(CCc1ccco1)Nc1ccc(N)c(C(=O)O)c1. The molecule has 5 nitrogen and oxygen atoms in total. The Hall–Kier alpha value is -2.43. The van der Waals surface area contributed by atoms with Gasteiger partial charge in [-0.05, 0) is 43.7 Å². The Balaban J connectivity index is 1.95. The third-order valence-electron chi connectivity index (χ3n) is 3.10. The van der Waals surface area contributed by atoms with Gasteiger partial charge < -0.3 is 20.6 Å². The fourth-order valence-corrected chi connectivity index (χ4v) is 2.00. The average molecular weight is 274 g/mol. The standard InChI is InChI=1S/C15H18N2O3/c1-10(4-6-12-3-2-8-20-12)17-11-5-7-14(16)13(9-11)15(18)19/h2-3,5,7-10,17H,4,6,16H2,1H3,(H,18,19). The first-order valence-electron chi connectivity index (χ1n) is 6.48. The predicted octanol–water partition coefficient (Wildman–Crippen LogP) is 2.99. The molecule has 0 fully saturated rings. The highest BCUT2D eigenvalue weighted by molar-refractivity contribution is 5.94. The Kier molecular flexibility index (Phi) is 4.30. The van der Waals surface area contributed by atoms with Crippen molar-refractivity contribution in [2.45, 2.75) is 25.8 Å². The van der Waals surface area contributed by atoms with E-state index in [2.05, 4.69) is 5.32 Å². The first-order valence-corrected chi connectivity index (χ1v) is 6.48. The number of nitrogen functional groups attached to an aromatic ring is 1. The number of benzene rings is 1. The van der Waals surface area contributed by atoms with Crippen molar-refractivity contribution < 1.29 is 14.3 Å². The number of aryl methyl sites for hydroxylation is 1. The highest BCUT2D eigenvalue weighted by Gasteiger charge is 2.10. The Morgan fingerprint density at radius 1 is 1.45 bits per heavy atom. The number of nitrogens with one attached hydrogen (secondary N) is 1. The quantitative estimate of drug-likeness (QED) is 0.705. The zero-order valence-electron chi connectivity index (χ0n) is 11.3. The van der Waals surface area contributed by atoms with Crippen molar-refractivity contribution in [3.8, 4) is 0 Å². The van der Waals surface area contributed by atoms with Crippen LogP contribution in [0, 0.1) is 0 Å². The second-order valence-corrected chi connectivity index (χ2v) is 4.77. The molecule has 1 heterocycles. The van der Waals surface area contributed by atoms with Crippen molar-refractivity contribution in [1.82, 2.24) is 0 Å². The van der Waals surface area contributed by atoms with E-state index >= 15 is 0 Å². The minimum absolute atomic E-state index is 0.119. The van der Waals surface area contributed by atoms with Crippen LogP contribution in [0.3, 0.4) is 0 Å². The number of carboxylic acids is 1. The van der Waals surface area contributed by atoms with E-state index in [4.69, 9.17) is 15.3 Å². The van der Waals surface area contributed by atoms with Crippen LogP contribution in [0.15, 0.2) is 41.0 Å². The lowest BCUT2D eigenvalue weighted by atomic mass is 10.1. The first-order chi connectivity index (χ1) is 9.56. The van der Waals surface area contributed by atoms with E-state index in [1.165, 1.54) is 0 Å². The van der Waals surface area contributed by atoms with Crippen LogP contribution in [-0.4, -0.2) is 17.1 Å². The Labute approximate surface area is 117 Å². The van der Waals surface area contributed by atoms with Gasteiger partial charge in [0.25, 0.3) is 0 Å². The largest absolute Gasteiger partial charge is 0.478 e. The van der Waals surface area contributed by atoms with Crippen molar-refractivity contribution in [3.63, 3.8) is 0 Å². The fraction of sp³-hybridized carbons (Fsp3) is 0.267. The highest BCUT2D eigenvalue weighted by Crippen LogP contribution is 2.19. The molecule has 1 aromatic carbocycles. The van der Waals surface area contributed by atoms with E-state index in [0.29, 0.717) is 0 Å². The lowest BCUT2D eigenvalue weighted by Gasteiger charge is -2.15. The zero-order valence-corrected chi connectivity index (χ0v) is 11.3. The second-order valence-electron chi connectivity index (χ2n) is 4.77. The summed E-state index contributed by atoms with van der Waals surface area (Å²) >= 11 is 0. The van der Waals surface area contributed by atoms with Crippen molar-refractivity contribution in [2.75, 3.05) is 11.1 Å². The van der Waals surface area contributed by atoms with E-state index < -0.39 is 5.97 Å². The summed E-state index contributed by atoms with van der Waals surface area (Å²) in [6.07, 6.45) is 3.38. The number of hydrogen-bond acceptors (Lipinski definition) is 4. The molecule has 2 aromatic rings. The summed E-state index contributed by atoms with van der Waals surface area (Å²) in [6, 6.07) is 8.95. The van der Waals surface area contributed by atoms with Crippen LogP contribution in [0.2, 0.25) is 0 Å². The molecule has 4 N–H and O–H groups in total. The maximum atomic E-state index is 11.0. The molecular weight excluding hydrogens is 256 g/mol. The van der Waals surface area contributed by atoms with Crippen LogP contribution in [0.25, 0.3) is 0 Å². The predicted molar refractivity (Wildman–Crippen MR) is 77.9 cm³/mol. The maximum Gasteiger partial charge on any atom is 0.337 e. The van der Waals surface area contributed by atoms with E-state index in [0.717, 1.165) is 24.3 Å². The van der Waals surface area contributed by atoms with Crippen LogP contribution in [0.4, 0.5) is 11.4 Å². The topological polar surface area (TPSA) is 88.5 Å². The summed E-state index contributed by atoms with van der Waals surface area (Å²) in [6.45, 7) is 2.04. The van der Waals surface area contributed by atoms with Gasteiger partial charge in [-0.2, -0.15) is 0 Å². The Bertz CT molecular complexity index is 579. The second kappa shape index (κ2) is 6.14. The van der Waals surface area contributed by atoms with Crippen molar-refractivity contribution >= 4 is 17.3 Å². The number of rotatable bonds is 6. The Morgan fingerprint density at radius 2 is 2.25 bits per heavy atom. The van der Waals surface area contributed by atoms with Gasteiger partial charge in [-0.1, -0.05) is 0 Å². The van der Waals surface area contributed by atoms with E-state index in [1.807, 2.05) is 19.1 Å². The molecule has 0 amide bonds. The average Bonchev–Trinajstić information content (AvgIpc) is 2.91. The lowest BCUT2D eigenvalue weighted by molar-refractivity contribution is 0.0698. The summed E-state index contributed by atoms with van der Waals surface area (Å²) in [5.41, 5.74) is 6.76. The molecule has 1 atom stereocenters. The van der Waals surface area contributed by atoms with E-state index in [1.54, 1.807) is 24.5 Å². The molecule has 2 rings (SSSR count). The number of carbonyl (C=O) groups is 1. The van der Waals surface area contributed by atoms with Gasteiger partial charge >= 0.3 is 5.97 Å². The van der Waals surface area contributed by atoms with E-state index in [9.17, 15) is 4.79 Å². The molecule has 106 valence electrons. The third kappa shape index (κ3) is 3.54. The van der Waals surface area contributed by atoms with Gasteiger partial charge in [-0.3, -0.25) is 0 Å². The fourth-order valence-electron chi connectivity index (χ4n) is 2.00. The molecule has 0 spiro atoms. The number of nitrogens with two attached hydrogens (primary N) is 1. The molecule has 1 aromatic heterocycles. The van der Waals surface area contributed by atoms with Crippen LogP contribution >= 0.6 is 0 Å². The monoisotopic (exact) mass is 274 g/mol. The van der Waals surface area contributed by atoms with Gasteiger partial charge in [0, 0.05) is 23.8 Å². The molecule has 0 saturated heterocycles. The summed E-state index contributed by atoms with van der Waals surface area (Å²) in [4.78, 5) is 11.0. The summed E-state index contributed by atoms with van der Waals surface area (Å²) in [5.74, 6) is -0.0726. The normalized spacial score (nSPS) is 12.1. The molecule has 0 radical (unpaired) electrons. The zero-order chi connectivity index (χ0) is 14.5. The summed E-state index contributed by atoms with van der Waals surface area (Å²) in [7, 11) is 0. The minimum Gasteiger partial charge on any atom is -0.478 e. The van der Waals surface area contributed by atoms with Gasteiger partial charge in [0.05, 0.1) is 11.8 Å². The van der Waals surface area contributed by atoms with Gasteiger partial charge in [-0.15, -0.1) is 0 Å². The van der Waals surface area contributed by atoms with Crippen molar-refractivity contribution in [2.24, 2.45) is 0 Å². The molecule has 0 bridgehead atoms. The lowest BCUT2D eigenvalue weighted by Crippen LogP contribution is -2.16. The van der Waals surface area contributed by atoms with Gasteiger partial charge in [0.1, 0.15) is 5.76 Å². The summed E-state index contributed by atoms with van der Waals surface area (Å²) < 4.78 is 5.28. The minimum atomic E-state index is -1.02. The number of aromatic carboxylic acids is 1. The third-order valence-corrected chi connectivity index (χ3v) is 3.10. The van der Waals surface area contributed by atoms with Gasteiger partial charge in [0.2, 0.25) is 0 Å². The molecule has 20 heavy (non-hydrogen) atoms. The molecule has 5 heteroatoms. The molecular formula is C15H18N2O3. The van der Waals surface area contributed by atoms with Crippen LogP contribution in [0.1, 0.15) is 29.5 Å². The highest BCUT2D eigenvalue weighted by atomic mass is 16.4. The van der Waals surface area contributed by atoms with Crippen LogP contribution < -0.4 is 11.1 Å². The van der Waals surface area contributed by atoms with Crippen molar-refractivity contribution in [1.29, 1.82) is 0 Å². The van der Waals surface area contributed by atoms with E-state index in [-0.39, 0.29) is 17.3 Å². The van der Waals surface area contributed by atoms with Gasteiger partial charge in [-0.25, -0.2) is 4.79 Å². The van der Waals surface area contributed by atoms with Crippen LogP contribution in [-0.2, 0) is 6.42 Å². The molecule has 0 saturated carbocycles. The van der Waals surface area contributed by atoms with Crippen molar-refractivity contribution in [3.05, 3.63) is 47.9 Å². The maximum absolute atomic E-state index is 11.0.